The van der Waals surface area contributed by atoms with Crippen molar-refractivity contribution in [3.05, 3.63) is 214 Å². The normalized spacial score (nSPS) is 11.9. The minimum atomic E-state index is -0.552. The molecule has 0 saturated carbocycles. The van der Waals surface area contributed by atoms with Gasteiger partial charge in [0.05, 0.1) is 39.6 Å². The summed E-state index contributed by atoms with van der Waals surface area (Å²) in [6.45, 7) is 0. The molecular weight excluding hydrogens is 853 g/mol. The topological polar surface area (TPSA) is 118 Å². The molecule has 68 heavy (non-hydrogen) atoms. The zero-order valence-corrected chi connectivity index (χ0v) is 37.7. The summed E-state index contributed by atoms with van der Waals surface area (Å²) in [5.74, 6) is 1.28. The number of nitrogens with zero attached hydrogens (tertiary/aromatic N) is 2. The molecule has 0 spiro atoms. The van der Waals surface area contributed by atoms with Gasteiger partial charge >= 0.3 is 0 Å². The van der Waals surface area contributed by atoms with Crippen LogP contribution in [0.1, 0.15) is 54.1 Å². The van der Waals surface area contributed by atoms with Gasteiger partial charge in [-0.1, -0.05) is 60.7 Å². The first-order valence-corrected chi connectivity index (χ1v) is 21.7. The van der Waals surface area contributed by atoms with Gasteiger partial charge in [0.1, 0.15) is 34.5 Å². The van der Waals surface area contributed by atoms with Gasteiger partial charge in [0.2, 0.25) is 0 Å². The van der Waals surface area contributed by atoms with Crippen molar-refractivity contribution in [3.63, 3.8) is 0 Å². The van der Waals surface area contributed by atoms with E-state index in [1.165, 1.54) is 12.1 Å². The van der Waals surface area contributed by atoms with E-state index in [9.17, 15) is 19.8 Å². The Balaban J connectivity index is 0.932. The van der Waals surface area contributed by atoms with Crippen LogP contribution in [0.4, 0.5) is 34.1 Å². The van der Waals surface area contributed by atoms with E-state index in [0.717, 1.165) is 68.2 Å². The molecule has 0 aromatic heterocycles. The van der Waals surface area contributed by atoms with Gasteiger partial charge in [-0.25, -0.2) is 0 Å². The summed E-state index contributed by atoms with van der Waals surface area (Å²) in [7, 11) is 6.54. The Morgan fingerprint density at radius 2 is 0.588 bits per heavy atom. The standard InChI is InChI=1S/C58H46N2O8/c1-65-47-27-19-43(20-28-47)59(44-21-29-48(66-2)30-22-44)41-15-7-37(8-16-41)5-11-39-13-35-51-53(55(39)61)57(63)52-36-14-40(56(62)54(52)58(51)64)12-6-38-9-17-42(18-10-38)60(45-23-31-49(67-3)32-24-45)46-25-33-50(68-4)34-26-46/h5-36,61-62H,1-4H3/b11-5+,12-6+. The number of hydrogen-bond acceptors (Lipinski definition) is 10. The molecule has 8 aromatic carbocycles. The summed E-state index contributed by atoms with van der Waals surface area (Å²) < 4.78 is 21.5. The Bertz CT molecular complexity index is 2870. The van der Waals surface area contributed by atoms with E-state index in [-0.39, 0.29) is 33.8 Å². The molecule has 0 radical (unpaired) electrons. The molecule has 10 heteroatoms. The number of phenolic OH excluding ortho intramolecular Hbond substituents is 2. The number of carbonyl (C=O) groups is 2. The molecule has 10 nitrogen and oxygen atoms in total. The van der Waals surface area contributed by atoms with Crippen molar-refractivity contribution < 1.29 is 38.7 Å². The molecule has 8 aromatic rings. The van der Waals surface area contributed by atoms with E-state index in [1.807, 2.05) is 158 Å². The second kappa shape index (κ2) is 19.2. The van der Waals surface area contributed by atoms with E-state index in [0.29, 0.717) is 11.1 Å². The summed E-state index contributed by atoms with van der Waals surface area (Å²) in [5.41, 5.74) is 7.79. The van der Waals surface area contributed by atoms with Crippen LogP contribution in [0.25, 0.3) is 24.3 Å². The van der Waals surface area contributed by atoms with Crippen LogP contribution in [0.3, 0.4) is 0 Å². The molecule has 1 aliphatic rings. The molecule has 336 valence electrons. The Hall–Kier alpha value is -9.02. The molecular formula is C58H46N2O8. The maximum atomic E-state index is 14.0. The van der Waals surface area contributed by atoms with E-state index < -0.39 is 11.6 Å². The number of hydrogen-bond donors (Lipinski definition) is 2. The Labute approximate surface area is 394 Å². The van der Waals surface area contributed by atoms with Crippen LogP contribution in [-0.2, 0) is 0 Å². The van der Waals surface area contributed by atoms with E-state index >= 15 is 0 Å². The van der Waals surface area contributed by atoms with Crippen LogP contribution < -0.4 is 28.7 Å². The number of aromatic hydroxyl groups is 2. The average molecular weight is 899 g/mol. The minimum absolute atomic E-state index is 0.0175. The molecule has 0 amide bonds. The van der Waals surface area contributed by atoms with Crippen LogP contribution in [0.5, 0.6) is 34.5 Å². The lowest BCUT2D eigenvalue weighted by Crippen LogP contribution is -2.21. The van der Waals surface area contributed by atoms with Gasteiger partial charge in [0.15, 0.2) is 11.6 Å². The highest BCUT2D eigenvalue weighted by Gasteiger charge is 2.35. The zero-order chi connectivity index (χ0) is 47.3. The highest BCUT2D eigenvalue weighted by molar-refractivity contribution is 6.30. The van der Waals surface area contributed by atoms with Crippen LogP contribution in [0, 0.1) is 0 Å². The molecule has 0 aliphatic heterocycles. The van der Waals surface area contributed by atoms with Gasteiger partial charge in [0.25, 0.3) is 0 Å². The van der Waals surface area contributed by atoms with Gasteiger partial charge < -0.3 is 39.0 Å². The van der Waals surface area contributed by atoms with Crippen molar-refractivity contribution in [3.8, 4) is 34.5 Å². The zero-order valence-electron chi connectivity index (χ0n) is 37.7. The van der Waals surface area contributed by atoms with Crippen LogP contribution in [0.2, 0.25) is 0 Å². The summed E-state index contributed by atoms with van der Waals surface area (Å²) >= 11 is 0. The number of anilines is 6. The van der Waals surface area contributed by atoms with E-state index in [4.69, 9.17) is 18.9 Å². The second-order valence-corrected chi connectivity index (χ2v) is 15.8. The molecule has 0 bridgehead atoms. The Morgan fingerprint density at radius 1 is 0.338 bits per heavy atom. The number of methoxy groups -OCH3 is 4. The third-order valence-electron chi connectivity index (χ3n) is 11.9. The van der Waals surface area contributed by atoms with Gasteiger partial charge in [-0.15, -0.1) is 0 Å². The highest BCUT2D eigenvalue weighted by atomic mass is 16.5. The maximum Gasteiger partial charge on any atom is 0.198 e. The lowest BCUT2D eigenvalue weighted by molar-refractivity contribution is 0.0974. The lowest BCUT2D eigenvalue weighted by atomic mass is 9.81. The average Bonchev–Trinajstić information content (AvgIpc) is 3.39. The van der Waals surface area contributed by atoms with E-state index in [2.05, 4.69) is 9.80 Å². The van der Waals surface area contributed by atoms with Gasteiger partial charge in [-0.05, 0) is 145 Å². The van der Waals surface area contributed by atoms with Crippen LogP contribution in [0.15, 0.2) is 170 Å². The number of rotatable bonds is 14. The summed E-state index contributed by atoms with van der Waals surface area (Å²) in [4.78, 5) is 32.2. The fourth-order valence-electron chi connectivity index (χ4n) is 8.25. The number of carbonyl (C=O) groups excluding carboxylic acids is 2. The number of ketones is 2. The Morgan fingerprint density at radius 3 is 0.838 bits per heavy atom. The number of fused-ring (bicyclic) bond motifs is 2. The molecule has 0 atom stereocenters. The first-order chi connectivity index (χ1) is 33.2. The predicted molar refractivity (Wildman–Crippen MR) is 269 cm³/mol. The first-order valence-electron chi connectivity index (χ1n) is 21.7. The smallest absolute Gasteiger partial charge is 0.198 e. The predicted octanol–water partition coefficient (Wildman–Crippen LogP) is 13.2. The third-order valence-corrected chi connectivity index (χ3v) is 11.9. The highest BCUT2D eigenvalue weighted by Crippen LogP contribution is 2.42. The lowest BCUT2D eigenvalue weighted by Gasteiger charge is -2.26. The SMILES string of the molecule is COc1ccc(N(c2ccc(/C=C/c3ccc4c(c3O)C(=O)c3ccc(/C=C/c5ccc(N(c6ccc(OC)cc6)c6ccc(OC)cc6)cc5)c(O)c3C4=O)cc2)c2ccc(OC)cc2)cc1. The van der Waals surface area contributed by atoms with Gasteiger partial charge in [-0.2, -0.15) is 0 Å². The molecule has 0 saturated heterocycles. The van der Waals surface area contributed by atoms with Crippen molar-refractivity contribution in [2.24, 2.45) is 0 Å². The fraction of sp³-hybridized carbons (Fsp3) is 0.0690. The monoisotopic (exact) mass is 898 g/mol. The molecule has 2 N–H and O–H groups in total. The number of ether oxygens (including phenoxy) is 4. The van der Waals surface area contributed by atoms with Gasteiger partial charge in [-0.3, -0.25) is 9.59 Å². The summed E-state index contributed by atoms with van der Waals surface area (Å²) in [6.07, 6.45) is 7.07. The fourth-order valence-corrected chi connectivity index (χ4v) is 8.25. The molecule has 0 fully saturated rings. The van der Waals surface area contributed by atoms with Crippen molar-refractivity contribution in [2.75, 3.05) is 38.2 Å². The van der Waals surface area contributed by atoms with Crippen molar-refractivity contribution in [1.29, 1.82) is 0 Å². The summed E-state index contributed by atoms with van der Waals surface area (Å²) in [6, 6.07) is 53.2. The van der Waals surface area contributed by atoms with Crippen molar-refractivity contribution in [1.82, 2.24) is 0 Å². The first kappa shape index (κ1) is 44.2. The largest absolute Gasteiger partial charge is 0.507 e. The minimum Gasteiger partial charge on any atom is -0.507 e. The van der Waals surface area contributed by atoms with Gasteiger partial charge in [0, 0.05) is 56.4 Å². The van der Waals surface area contributed by atoms with Crippen LogP contribution >= 0.6 is 0 Å². The van der Waals surface area contributed by atoms with Crippen molar-refractivity contribution in [2.45, 2.75) is 0 Å². The maximum absolute atomic E-state index is 14.0. The third kappa shape index (κ3) is 8.73. The number of benzene rings is 8. The second-order valence-electron chi connectivity index (χ2n) is 15.8. The molecule has 1 aliphatic carbocycles. The van der Waals surface area contributed by atoms with E-state index in [1.54, 1.807) is 52.7 Å². The Kier molecular flexibility index (Phi) is 12.5. The molecule has 9 rings (SSSR count). The molecule has 0 heterocycles. The number of phenols is 2. The van der Waals surface area contributed by atoms with Crippen molar-refractivity contribution >= 4 is 70.0 Å². The summed E-state index contributed by atoms with van der Waals surface area (Å²) in [5, 5.41) is 23.0. The van der Waals surface area contributed by atoms with Crippen LogP contribution in [-0.4, -0.2) is 50.2 Å². The molecule has 0 unspecified atom stereocenters. The quantitative estimate of drug-likeness (QED) is 0.102.